The molecule has 0 spiro atoms. The molecule has 2 rings (SSSR count). The summed E-state index contributed by atoms with van der Waals surface area (Å²) in [5.74, 6) is -0.888. The van der Waals surface area contributed by atoms with Crippen molar-refractivity contribution in [1.82, 2.24) is 9.55 Å². The summed E-state index contributed by atoms with van der Waals surface area (Å²) in [7, 11) is 0. The maximum Gasteiger partial charge on any atom is 0.338 e. The Labute approximate surface area is 128 Å². The Hall–Kier alpha value is -1.95. The van der Waals surface area contributed by atoms with Crippen LogP contribution < -0.4 is 5.32 Å². The summed E-state index contributed by atoms with van der Waals surface area (Å²) in [6, 6.07) is 5.53. The summed E-state index contributed by atoms with van der Waals surface area (Å²) >= 11 is 1.45. The quantitative estimate of drug-likeness (QED) is 0.579. The van der Waals surface area contributed by atoms with E-state index >= 15 is 0 Å². The number of rotatable bonds is 8. The van der Waals surface area contributed by atoms with Gasteiger partial charge in [-0.3, -0.25) is 0 Å². The Bertz CT molecular complexity index is 585. The van der Waals surface area contributed by atoms with Gasteiger partial charge in [-0.05, 0) is 31.2 Å². The SMILES string of the molecule is CSc1cccc(NCCCCn2ccnc2)c1C(=O)O. The third-order valence-corrected chi connectivity index (χ3v) is 3.96. The third-order valence-electron chi connectivity index (χ3n) is 3.18. The predicted octanol–water partition coefficient (Wildman–Crippen LogP) is 3.20. The maximum atomic E-state index is 11.4. The molecule has 0 amide bonds. The molecule has 2 aromatic rings. The van der Waals surface area contributed by atoms with Crippen molar-refractivity contribution in [1.29, 1.82) is 0 Å². The Kier molecular flexibility index (Phi) is 5.68. The number of carboxylic acid groups (broad SMARTS) is 1. The number of nitrogens with one attached hydrogen (secondary N) is 1. The molecule has 1 aromatic heterocycles. The van der Waals surface area contributed by atoms with Crippen LogP contribution in [0.2, 0.25) is 0 Å². The lowest BCUT2D eigenvalue weighted by Gasteiger charge is -2.12. The molecule has 6 heteroatoms. The Balaban J connectivity index is 1.86. The number of thioether (sulfide) groups is 1. The zero-order valence-electron chi connectivity index (χ0n) is 12.0. The van der Waals surface area contributed by atoms with Crippen molar-refractivity contribution in [2.75, 3.05) is 18.1 Å². The van der Waals surface area contributed by atoms with Crippen LogP contribution in [0.15, 0.2) is 41.8 Å². The fraction of sp³-hybridized carbons (Fsp3) is 0.333. The summed E-state index contributed by atoms with van der Waals surface area (Å²) < 4.78 is 2.04. The minimum atomic E-state index is -0.888. The second-order valence-corrected chi connectivity index (χ2v) is 5.47. The van der Waals surface area contributed by atoms with Crippen molar-refractivity contribution < 1.29 is 9.90 Å². The number of aryl methyl sites for hydroxylation is 1. The van der Waals surface area contributed by atoms with E-state index in [0.717, 1.165) is 30.8 Å². The molecule has 5 nitrogen and oxygen atoms in total. The highest BCUT2D eigenvalue weighted by atomic mass is 32.2. The molecule has 0 bridgehead atoms. The lowest BCUT2D eigenvalue weighted by molar-refractivity contribution is 0.0694. The van der Waals surface area contributed by atoms with Crippen molar-refractivity contribution in [3.05, 3.63) is 42.5 Å². The first-order valence-electron chi connectivity index (χ1n) is 6.82. The van der Waals surface area contributed by atoms with E-state index < -0.39 is 5.97 Å². The van der Waals surface area contributed by atoms with Gasteiger partial charge in [0.15, 0.2) is 0 Å². The minimum Gasteiger partial charge on any atom is -0.478 e. The first kappa shape index (κ1) is 15.4. The molecule has 0 unspecified atom stereocenters. The molecule has 112 valence electrons. The highest BCUT2D eigenvalue weighted by molar-refractivity contribution is 7.98. The van der Waals surface area contributed by atoms with Crippen LogP contribution in [0.4, 0.5) is 5.69 Å². The molecule has 0 aliphatic rings. The van der Waals surface area contributed by atoms with Crippen LogP contribution in [-0.4, -0.2) is 33.4 Å². The van der Waals surface area contributed by atoms with E-state index in [4.69, 9.17) is 0 Å². The molecule has 0 saturated heterocycles. The zero-order valence-corrected chi connectivity index (χ0v) is 12.8. The predicted molar refractivity (Wildman–Crippen MR) is 85.1 cm³/mol. The highest BCUT2D eigenvalue weighted by Gasteiger charge is 2.14. The summed E-state index contributed by atoms with van der Waals surface area (Å²) in [5, 5.41) is 12.6. The minimum absolute atomic E-state index is 0.361. The number of hydrogen-bond donors (Lipinski definition) is 2. The molecule has 1 aromatic carbocycles. The molecular formula is C15H19N3O2S. The van der Waals surface area contributed by atoms with Gasteiger partial charge >= 0.3 is 5.97 Å². The lowest BCUT2D eigenvalue weighted by atomic mass is 10.1. The summed E-state index contributed by atoms with van der Waals surface area (Å²) in [6.45, 7) is 1.69. The van der Waals surface area contributed by atoms with Crippen LogP contribution in [0.3, 0.4) is 0 Å². The molecule has 0 atom stereocenters. The number of aromatic carboxylic acids is 1. The van der Waals surface area contributed by atoms with Crippen LogP contribution in [0, 0.1) is 0 Å². The van der Waals surface area contributed by atoms with Gasteiger partial charge in [0.2, 0.25) is 0 Å². The molecule has 0 aliphatic heterocycles. The smallest absolute Gasteiger partial charge is 0.338 e. The van der Waals surface area contributed by atoms with Gasteiger partial charge in [0.05, 0.1) is 11.9 Å². The zero-order chi connectivity index (χ0) is 15.1. The van der Waals surface area contributed by atoms with E-state index in [1.807, 2.05) is 35.2 Å². The van der Waals surface area contributed by atoms with Crippen LogP contribution in [0.5, 0.6) is 0 Å². The van der Waals surface area contributed by atoms with E-state index in [1.165, 1.54) is 11.8 Å². The number of imidazole rings is 1. The average Bonchev–Trinajstić information content (AvgIpc) is 2.99. The van der Waals surface area contributed by atoms with Crippen molar-refractivity contribution in [2.45, 2.75) is 24.3 Å². The standard InChI is InChI=1S/C15H19N3O2S/c1-21-13-6-4-5-12(14(13)15(19)20)17-7-2-3-9-18-10-8-16-11-18/h4-6,8,10-11,17H,2-3,7,9H2,1H3,(H,19,20). The average molecular weight is 305 g/mol. The molecule has 0 radical (unpaired) electrons. The lowest BCUT2D eigenvalue weighted by Crippen LogP contribution is -2.09. The summed E-state index contributed by atoms with van der Waals surface area (Å²) in [6.07, 6.45) is 9.40. The first-order chi connectivity index (χ1) is 10.2. The second kappa shape index (κ2) is 7.73. The normalized spacial score (nSPS) is 10.5. The summed E-state index contributed by atoms with van der Waals surface area (Å²) in [4.78, 5) is 16.2. The Morgan fingerprint density at radius 2 is 2.29 bits per heavy atom. The van der Waals surface area contributed by atoms with Gasteiger partial charge in [-0.1, -0.05) is 6.07 Å². The second-order valence-electron chi connectivity index (χ2n) is 4.62. The number of anilines is 1. The molecule has 21 heavy (non-hydrogen) atoms. The fourth-order valence-electron chi connectivity index (χ4n) is 2.13. The Morgan fingerprint density at radius 1 is 1.43 bits per heavy atom. The van der Waals surface area contributed by atoms with E-state index in [0.29, 0.717) is 11.3 Å². The third kappa shape index (κ3) is 4.26. The van der Waals surface area contributed by atoms with Gasteiger partial charge in [0.1, 0.15) is 0 Å². The van der Waals surface area contributed by atoms with Gasteiger partial charge < -0.3 is 15.0 Å². The van der Waals surface area contributed by atoms with Crippen LogP contribution in [-0.2, 0) is 6.54 Å². The Morgan fingerprint density at radius 3 is 2.95 bits per heavy atom. The number of unbranched alkanes of at least 4 members (excludes halogenated alkanes) is 1. The van der Waals surface area contributed by atoms with Crippen molar-refractivity contribution >= 4 is 23.4 Å². The van der Waals surface area contributed by atoms with Gasteiger partial charge in [0, 0.05) is 36.1 Å². The molecule has 2 N–H and O–H groups in total. The van der Waals surface area contributed by atoms with Crippen LogP contribution in [0.1, 0.15) is 23.2 Å². The van der Waals surface area contributed by atoms with Gasteiger partial charge in [-0.25, -0.2) is 9.78 Å². The first-order valence-corrected chi connectivity index (χ1v) is 8.04. The van der Waals surface area contributed by atoms with E-state index in [2.05, 4.69) is 10.3 Å². The molecular weight excluding hydrogens is 286 g/mol. The molecule has 0 saturated carbocycles. The number of hydrogen-bond acceptors (Lipinski definition) is 4. The van der Waals surface area contributed by atoms with E-state index in [1.54, 1.807) is 12.5 Å². The van der Waals surface area contributed by atoms with E-state index in [-0.39, 0.29) is 0 Å². The number of carboxylic acids is 1. The fourth-order valence-corrected chi connectivity index (χ4v) is 2.75. The van der Waals surface area contributed by atoms with Crippen molar-refractivity contribution in [2.24, 2.45) is 0 Å². The number of benzene rings is 1. The topological polar surface area (TPSA) is 67.2 Å². The van der Waals surface area contributed by atoms with Crippen LogP contribution in [0.25, 0.3) is 0 Å². The molecule has 0 aliphatic carbocycles. The van der Waals surface area contributed by atoms with Gasteiger partial charge in [-0.15, -0.1) is 11.8 Å². The maximum absolute atomic E-state index is 11.4. The number of aromatic nitrogens is 2. The monoisotopic (exact) mass is 305 g/mol. The molecule has 0 fully saturated rings. The van der Waals surface area contributed by atoms with Gasteiger partial charge in [0.25, 0.3) is 0 Å². The van der Waals surface area contributed by atoms with Gasteiger partial charge in [-0.2, -0.15) is 0 Å². The highest BCUT2D eigenvalue weighted by Crippen LogP contribution is 2.27. The van der Waals surface area contributed by atoms with Crippen LogP contribution >= 0.6 is 11.8 Å². The summed E-state index contributed by atoms with van der Waals surface area (Å²) in [5.41, 5.74) is 1.05. The van der Waals surface area contributed by atoms with E-state index in [9.17, 15) is 9.90 Å². The molecule has 1 heterocycles. The largest absolute Gasteiger partial charge is 0.478 e. The van der Waals surface area contributed by atoms with Crippen molar-refractivity contribution in [3.8, 4) is 0 Å². The van der Waals surface area contributed by atoms with Crippen molar-refractivity contribution in [3.63, 3.8) is 0 Å². The number of nitrogens with zero attached hydrogens (tertiary/aromatic N) is 2. The number of carbonyl (C=O) groups is 1.